The van der Waals surface area contributed by atoms with Gasteiger partial charge in [0.05, 0.1) is 11.3 Å². The number of benzene rings is 3. The number of nitrogens with zero attached hydrogens (tertiary/aromatic N) is 1. The fourth-order valence-electron chi connectivity index (χ4n) is 2.91. The Bertz CT molecular complexity index is 1310. The lowest BCUT2D eigenvalue weighted by molar-refractivity contribution is -0.136. The van der Waals surface area contributed by atoms with Crippen LogP contribution < -0.4 is 20.8 Å². The summed E-state index contributed by atoms with van der Waals surface area (Å²) >= 11 is 3.32. The average Bonchev–Trinajstić information content (AvgIpc) is 2.83. The topological polar surface area (TPSA) is 126 Å². The molecule has 3 aromatic carbocycles. The van der Waals surface area contributed by atoms with E-state index in [0.29, 0.717) is 32.7 Å². The molecule has 35 heavy (non-hydrogen) atoms. The lowest BCUT2D eigenvalue weighted by atomic mass is 10.1. The highest BCUT2D eigenvalue weighted by molar-refractivity contribution is 9.10. The summed E-state index contributed by atoms with van der Waals surface area (Å²) < 4.78 is 6.13. The highest BCUT2D eigenvalue weighted by Crippen LogP contribution is 2.23. The molecule has 0 radical (unpaired) electrons. The number of nitrogens with one attached hydrogen (secondary N) is 3. The number of halogens is 1. The molecule has 0 aliphatic carbocycles. The van der Waals surface area contributed by atoms with Gasteiger partial charge in [0.25, 0.3) is 0 Å². The third kappa shape index (κ3) is 7.08. The highest BCUT2D eigenvalue weighted by atomic mass is 79.9. The number of anilines is 2. The van der Waals surface area contributed by atoms with E-state index >= 15 is 0 Å². The van der Waals surface area contributed by atoms with Gasteiger partial charge < -0.3 is 15.4 Å². The Kier molecular flexibility index (Phi) is 8.47. The molecule has 3 aromatic rings. The summed E-state index contributed by atoms with van der Waals surface area (Å²) in [4.78, 5) is 48.0. The van der Waals surface area contributed by atoms with E-state index in [1.54, 1.807) is 79.7 Å². The van der Waals surface area contributed by atoms with Crippen molar-refractivity contribution in [1.29, 1.82) is 0 Å². The van der Waals surface area contributed by atoms with Crippen molar-refractivity contribution >= 4 is 56.7 Å². The van der Waals surface area contributed by atoms with Crippen LogP contribution in [0.1, 0.15) is 29.8 Å². The van der Waals surface area contributed by atoms with Gasteiger partial charge in [0.1, 0.15) is 5.75 Å². The first-order valence-electron chi connectivity index (χ1n) is 10.3. The van der Waals surface area contributed by atoms with Crippen molar-refractivity contribution in [3.8, 4) is 5.75 Å². The maximum absolute atomic E-state index is 12.6. The molecule has 0 bridgehead atoms. The number of esters is 1. The SMILES string of the molecule is CC(=O)Nc1ccc(NC(=O)C(=O)N/N=C(\C)c2ccccc2OC(=O)c2ccccc2Br)cc1. The van der Waals surface area contributed by atoms with E-state index in [-0.39, 0.29) is 11.7 Å². The zero-order chi connectivity index (χ0) is 25.4. The van der Waals surface area contributed by atoms with Crippen molar-refractivity contribution in [2.75, 3.05) is 10.6 Å². The first-order chi connectivity index (χ1) is 16.7. The normalized spacial score (nSPS) is 10.8. The van der Waals surface area contributed by atoms with Crippen molar-refractivity contribution in [3.63, 3.8) is 0 Å². The molecule has 0 heterocycles. The minimum absolute atomic E-state index is 0.223. The molecule has 178 valence electrons. The molecule has 0 aromatic heterocycles. The summed E-state index contributed by atoms with van der Waals surface area (Å²) in [5.74, 6) is -2.46. The van der Waals surface area contributed by atoms with Gasteiger partial charge in [0, 0.05) is 28.3 Å². The second-order valence-corrected chi connectivity index (χ2v) is 8.07. The molecule has 10 heteroatoms. The van der Waals surface area contributed by atoms with Crippen molar-refractivity contribution in [2.45, 2.75) is 13.8 Å². The van der Waals surface area contributed by atoms with Crippen LogP contribution in [0.2, 0.25) is 0 Å². The number of amides is 3. The molecule has 0 atom stereocenters. The van der Waals surface area contributed by atoms with Gasteiger partial charge in [-0.2, -0.15) is 5.10 Å². The Morgan fingerprint density at radius 2 is 1.31 bits per heavy atom. The smallest absolute Gasteiger partial charge is 0.344 e. The van der Waals surface area contributed by atoms with E-state index in [0.717, 1.165) is 0 Å². The molecule has 0 spiro atoms. The van der Waals surface area contributed by atoms with Crippen LogP contribution >= 0.6 is 15.9 Å². The summed E-state index contributed by atoms with van der Waals surface area (Å²) in [5, 5.41) is 9.01. The standard InChI is InChI=1S/C25H21BrN4O5/c1-15(19-7-4-6-10-22(19)35-25(34)20-8-3-5-9-21(20)26)29-30-24(33)23(32)28-18-13-11-17(12-14-18)27-16(2)31/h3-14H,1-2H3,(H,27,31)(H,28,32)(H,30,33)/b29-15+. The molecule has 3 amide bonds. The molecule has 0 aliphatic heterocycles. The Balaban J connectivity index is 1.65. The van der Waals surface area contributed by atoms with Gasteiger partial charge in [-0.25, -0.2) is 10.2 Å². The van der Waals surface area contributed by atoms with E-state index in [1.165, 1.54) is 6.92 Å². The molecule has 3 rings (SSSR count). The third-order valence-corrected chi connectivity index (χ3v) is 5.26. The Labute approximate surface area is 209 Å². The maximum atomic E-state index is 12.6. The quantitative estimate of drug-likeness (QED) is 0.144. The summed E-state index contributed by atoms with van der Waals surface area (Å²) in [5.41, 5.74) is 4.25. The van der Waals surface area contributed by atoms with Crippen molar-refractivity contribution in [2.24, 2.45) is 5.10 Å². The van der Waals surface area contributed by atoms with Crippen molar-refractivity contribution in [1.82, 2.24) is 5.43 Å². The Hall–Kier alpha value is -4.31. The fourth-order valence-corrected chi connectivity index (χ4v) is 3.36. The second kappa shape index (κ2) is 11.7. The largest absolute Gasteiger partial charge is 0.422 e. The molecule has 0 unspecified atom stereocenters. The van der Waals surface area contributed by atoms with E-state index in [2.05, 4.69) is 37.1 Å². The van der Waals surface area contributed by atoms with Gasteiger partial charge in [0.15, 0.2) is 0 Å². The Morgan fingerprint density at radius 3 is 1.94 bits per heavy atom. The zero-order valence-corrected chi connectivity index (χ0v) is 20.4. The van der Waals surface area contributed by atoms with Crippen LogP contribution in [-0.2, 0) is 14.4 Å². The van der Waals surface area contributed by atoms with Gasteiger partial charge in [-0.05, 0) is 71.4 Å². The van der Waals surface area contributed by atoms with E-state index in [4.69, 9.17) is 4.74 Å². The summed E-state index contributed by atoms with van der Waals surface area (Å²) in [6, 6.07) is 19.8. The van der Waals surface area contributed by atoms with Gasteiger partial charge >= 0.3 is 17.8 Å². The first kappa shape index (κ1) is 25.3. The molecule has 0 aliphatic rings. The number of carbonyl (C=O) groups is 4. The number of ether oxygens (including phenoxy) is 1. The van der Waals surface area contributed by atoms with Crippen LogP contribution in [-0.4, -0.2) is 29.4 Å². The fraction of sp³-hybridized carbons (Fsp3) is 0.0800. The monoisotopic (exact) mass is 536 g/mol. The molecular formula is C25H21BrN4O5. The summed E-state index contributed by atoms with van der Waals surface area (Å²) in [7, 11) is 0. The number of rotatable bonds is 6. The number of carbonyl (C=O) groups excluding carboxylic acids is 4. The van der Waals surface area contributed by atoms with Crippen molar-refractivity contribution < 1.29 is 23.9 Å². The predicted octanol–water partition coefficient (Wildman–Crippen LogP) is 4.11. The first-order valence-corrected chi connectivity index (χ1v) is 11.1. The molecule has 0 saturated heterocycles. The molecule has 0 fully saturated rings. The zero-order valence-electron chi connectivity index (χ0n) is 18.8. The maximum Gasteiger partial charge on any atom is 0.344 e. The van der Waals surface area contributed by atoms with Crippen LogP contribution in [0.4, 0.5) is 11.4 Å². The minimum atomic E-state index is -0.988. The average molecular weight is 537 g/mol. The minimum Gasteiger partial charge on any atom is -0.422 e. The molecule has 9 nitrogen and oxygen atoms in total. The molecule has 0 saturated carbocycles. The van der Waals surface area contributed by atoms with Gasteiger partial charge in [-0.1, -0.05) is 24.3 Å². The van der Waals surface area contributed by atoms with Gasteiger partial charge in [-0.15, -0.1) is 0 Å². The molecule has 3 N–H and O–H groups in total. The van der Waals surface area contributed by atoms with Crippen LogP contribution in [0, 0.1) is 0 Å². The second-order valence-electron chi connectivity index (χ2n) is 7.22. The van der Waals surface area contributed by atoms with E-state index in [9.17, 15) is 19.2 Å². The summed E-state index contributed by atoms with van der Waals surface area (Å²) in [6.45, 7) is 2.98. The highest BCUT2D eigenvalue weighted by Gasteiger charge is 2.17. The van der Waals surface area contributed by atoms with Crippen LogP contribution in [0.3, 0.4) is 0 Å². The third-order valence-electron chi connectivity index (χ3n) is 4.57. The van der Waals surface area contributed by atoms with Crippen LogP contribution in [0.15, 0.2) is 82.4 Å². The van der Waals surface area contributed by atoms with Gasteiger partial charge in [0.2, 0.25) is 5.91 Å². The number of hydrogen-bond donors (Lipinski definition) is 3. The number of hydrogen-bond acceptors (Lipinski definition) is 6. The van der Waals surface area contributed by atoms with Crippen LogP contribution in [0.25, 0.3) is 0 Å². The lowest BCUT2D eigenvalue weighted by Crippen LogP contribution is -2.33. The van der Waals surface area contributed by atoms with Crippen molar-refractivity contribution in [3.05, 3.63) is 88.4 Å². The number of hydrazone groups is 1. The molecular weight excluding hydrogens is 516 g/mol. The lowest BCUT2D eigenvalue weighted by Gasteiger charge is -2.11. The predicted molar refractivity (Wildman–Crippen MR) is 135 cm³/mol. The Morgan fingerprint density at radius 1 is 0.743 bits per heavy atom. The van der Waals surface area contributed by atoms with E-state index < -0.39 is 17.8 Å². The van der Waals surface area contributed by atoms with Gasteiger partial charge in [-0.3, -0.25) is 14.4 Å². The summed E-state index contributed by atoms with van der Waals surface area (Å²) in [6.07, 6.45) is 0. The van der Waals surface area contributed by atoms with Crippen LogP contribution in [0.5, 0.6) is 5.75 Å². The number of para-hydroxylation sites is 1. The van der Waals surface area contributed by atoms with E-state index in [1.807, 2.05) is 0 Å².